The number of nitrogens with zero attached hydrogens (tertiary/aromatic N) is 3. The van der Waals surface area contributed by atoms with Crippen molar-refractivity contribution < 1.29 is 35.5 Å². The second-order valence-corrected chi connectivity index (χ2v) is 12.7. The molecule has 2 heterocycles. The highest BCUT2D eigenvalue weighted by molar-refractivity contribution is 8.14. The lowest BCUT2D eigenvalue weighted by Crippen LogP contribution is -2.29. The maximum Gasteiger partial charge on any atom is 0.416 e. The van der Waals surface area contributed by atoms with Crippen molar-refractivity contribution in [3.63, 3.8) is 0 Å². The highest BCUT2D eigenvalue weighted by atomic mass is 35.5. The largest absolute Gasteiger partial charge is 0.497 e. The molecule has 1 atom stereocenters. The number of halogens is 5. The van der Waals surface area contributed by atoms with E-state index >= 15 is 4.39 Å². The number of alkyl halides is 4. The van der Waals surface area contributed by atoms with Crippen molar-refractivity contribution in [3.05, 3.63) is 107 Å². The Kier molecular flexibility index (Phi) is 11.4. The van der Waals surface area contributed by atoms with Crippen LogP contribution in [0.4, 0.5) is 23.4 Å². The van der Waals surface area contributed by atoms with Crippen LogP contribution >= 0.6 is 23.4 Å². The first-order valence-electron chi connectivity index (χ1n) is 13.4. The fraction of sp³-hybridized carbons (Fsp3) is 0.161. The molecule has 248 valence electrons. The van der Waals surface area contributed by atoms with E-state index in [1.54, 1.807) is 36.4 Å². The van der Waals surface area contributed by atoms with Crippen molar-refractivity contribution in [2.75, 3.05) is 20.0 Å². The molecule has 16 heteroatoms. The number of hydrogen-bond acceptors (Lipinski definition) is 9. The van der Waals surface area contributed by atoms with Crippen molar-refractivity contribution in [2.24, 2.45) is 10.1 Å². The Morgan fingerprint density at radius 1 is 1.00 bits per heavy atom. The van der Waals surface area contributed by atoms with Gasteiger partial charge in [0.15, 0.2) is 0 Å². The number of nitrogens with two attached hydrogens (primary N) is 2. The fourth-order valence-corrected chi connectivity index (χ4v) is 5.97. The summed E-state index contributed by atoms with van der Waals surface area (Å²) in [5, 5.41) is 5.08. The number of pyridine rings is 1. The van der Waals surface area contributed by atoms with Crippen molar-refractivity contribution in [3.8, 4) is 22.6 Å². The van der Waals surface area contributed by atoms with Crippen molar-refractivity contribution >= 4 is 44.2 Å². The second-order valence-electron chi connectivity index (χ2n) is 9.71. The van der Waals surface area contributed by atoms with E-state index in [0.29, 0.717) is 27.5 Å². The smallest absolute Gasteiger partial charge is 0.416 e. The molecule has 0 saturated heterocycles. The van der Waals surface area contributed by atoms with E-state index in [4.69, 9.17) is 31.9 Å². The molecular weight excluding hydrogens is 682 g/mol. The van der Waals surface area contributed by atoms with Crippen LogP contribution in [0.2, 0.25) is 0 Å². The minimum atomic E-state index is -4.55. The molecule has 3 aromatic carbocycles. The van der Waals surface area contributed by atoms with Crippen molar-refractivity contribution in [2.45, 2.75) is 28.9 Å². The van der Waals surface area contributed by atoms with Gasteiger partial charge < -0.3 is 20.1 Å². The summed E-state index contributed by atoms with van der Waals surface area (Å²) in [6, 6.07) is 19.3. The molecule has 1 aliphatic heterocycles. The number of benzene rings is 3. The van der Waals surface area contributed by atoms with Gasteiger partial charge in [-0.05, 0) is 65.7 Å². The predicted molar refractivity (Wildman–Crippen MR) is 174 cm³/mol. The zero-order valence-electron chi connectivity index (χ0n) is 24.8. The molecule has 5 rings (SSSR count). The molecule has 4 N–H and O–H groups in total. The lowest BCUT2D eigenvalue weighted by molar-refractivity contribution is -0.137. The molecule has 9 nitrogen and oxygen atoms in total. The second kappa shape index (κ2) is 15.1. The summed E-state index contributed by atoms with van der Waals surface area (Å²) in [4.78, 5) is 9.78. The van der Waals surface area contributed by atoms with E-state index in [1.807, 2.05) is 0 Å². The number of thioether (sulfide) groups is 1. The van der Waals surface area contributed by atoms with E-state index < -0.39 is 28.2 Å². The first kappa shape index (κ1) is 35.5. The van der Waals surface area contributed by atoms with Gasteiger partial charge in [-0.3, -0.25) is 0 Å². The average molecular weight is 710 g/mol. The van der Waals surface area contributed by atoms with Crippen LogP contribution in [-0.2, 0) is 22.7 Å². The monoisotopic (exact) mass is 709 g/mol. The summed E-state index contributed by atoms with van der Waals surface area (Å²) in [7, 11) is -0.481. The molecule has 1 aromatic heterocycles. The zero-order chi connectivity index (χ0) is 34.4. The van der Waals surface area contributed by atoms with Gasteiger partial charge in [0.1, 0.15) is 22.4 Å². The number of anilines is 1. The van der Waals surface area contributed by atoms with Gasteiger partial charge in [0.25, 0.3) is 6.42 Å². The number of nitrogen functional groups attached to an aromatic ring is 1. The van der Waals surface area contributed by atoms with Gasteiger partial charge in [0.05, 0.1) is 36.3 Å². The van der Waals surface area contributed by atoms with Crippen LogP contribution in [0.3, 0.4) is 0 Å². The SMILES string of the molecule is COc1ccc(CN2C=C(Cl)C(Sc3ccc(C(F)(F)F)cc3-c3ccnc(N)c3)=NC2F)c(OC)c1.NS(=O)(=O)c1ccccc1. The number of sulfonamides is 1. The molecule has 0 aliphatic carbocycles. The molecule has 0 amide bonds. The van der Waals surface area contributed by atoms with Crippen LogP contribution in [0.5, 0.6) is 11.5 Å². The van der Waals surface area contributed by atoms with Crippen LogP contribution in [-0.4, -0.2) is 44.0 Å². The lowest BCUT2D eigenvalue weighted by Gasteiger charge is -2.27. The van der Waals surface area contributed by atoms with Gasteiger partial charge in [-0.2, -0.15) is 17.6 Å². The van der Waals surface area contributed by atoms with E-state index in [-0.39, 0.29) is 32.9 Å². The van der Waals surface area contributed by atoms with Crippen LogP contribution in [0.15, 0.2) is 111 Å². The zero-order valence-corrected chi connectivity index (χ0v) is 27.2. The Morgan fingerprint density at radius 3 is 2.32 bits per heavy atom. The number of primary sulfonamides is 1. The Balaban J connectivity index is 0.000000427. The highest BCUT2D eigenvalue weighted by Gasteiger charge is 2.32. The van der Waals surface area contributed by atoms with Crippen molar-refractivity contribution in [1.82, 2.24) is 9.88 Å². The number of aromatic nitrogens is 1. The molecular formula is C31H28ClF4N5O4S2. The van der Waals surface area contributed by atoms with Gasteiger partial charge in [-0.1, -0.05) is 41.6 Å². The summed E-state index contributed by atoms with van der Waals surface area (Å²) < 4.78 is 87.1. The van der Waals surface area contributed by atoms with Crippen LogP contribution in [0.25, 0.3) is 11.1 Å². The first-order valence-corrected chi connectivity index (χ1v) is 16.2. The summed E-state index contributed by atoms with van der Waals surface area (Å²) in [6.07, 6.45) is -3.54. The summed E-state index contributed by atoms with van der Waals surface area (Å²) in [6.45, 7) is 0.105. The molecule has 1 unspecified atom stereocenters. The third-order valence-electron chi connectivity index (χ3n) is 6.51. The maximum atomic E-state index is 15.1. The first-order chi connectivity index (χ1) is 22.2. The Labute approximate surface area is 277 Å². The van der Waals surface area contributed by atoms with Crippen LogP contribution < -0.4 is 20.3 Å². The number of rotatable bonds is 7. The lowest BCUT2D eigenvalue weighted by atomic mass is 10.0. The molecule has 0 bridgehead atoms. The standard InChI is InChI=1S/C25H21ClF4N4O2S.C6H7NO2S/c1-35-17-5-3-15(20(11-17)36-2)12-34-13-19(26)23(33-24(34)27)37-21-6-4-16(25(28,29)30)10-18(21)14-7-8-32-22(31)9-14;7-10(8,9)6-4-2-1-3-5-6/h3-11,13,24H,12H2,1-2H3,(H2,31,32);1-5H,(H2,7,8,9). The quantitative estimate of drug-likeness (QED) is 0.154. The molecule has 47 heavy (non-hydrogen) atoms. The summed E-state index contributed by atoms with van der Waals surface area (Å²) in [5.74, 6) is 1.24. The highest BCUT2D eigenvalue weighted by Crippen LogP contribution is 2.40. The van der Waals surface area contributed by atoms with Gasteiger partial charge in [-0.15, -0.1) is 0 Å². The Morgan fingerprint density at radius 2 is 1.72 bits per heavy atom. The summed E-state index contributed by atoms with van der Waals surface area (Å²) in [5.41, 5.74) is 6.24. The maximum absolute atomic E-state index is 15.1. The number of ether oxygens (including phenoxy) is 2. The molecule has 0 saturated carbocycles. The van der Waals surface area contributed by atoms with E-state index in [1.165, 1.54) is 61.8 Å². The molecule has 0 radical (unpaired) electrons. The van der Waals surface area contributed by atoms with Gasteiger partial charge in [0.2, 0.25) is 10.0 Å². The van der Waals surface area contributed by atoms with Gasteiger partial charge >= 0.3 is 6.18 Å². The van der Waals surface area contributed by atoms with Gasteiger partial charge in [0, 0.05) is 28.9 Å². The molecule has 0 fully saturated rings. The third-order valence-corrected chi connectivity index (χ3v) is 8.92. The minimum absolute atomic E-state index is 0.105. The van der Waals surface area contributed by atoms with E-state index in [9.17, 15) is 21.6 Å². The normalized spacial score (nSPS) is 14.8. The third kappa shape index (κ3) is 9.38. The van der Waals surface area contributed by atoms with E-state index in [0.717, 1.165) is 23.9 Å². The number of aliphatic imine (C=N–C) groups is 1. The van der Waals surface area contributed by atoms with Crippen molar-refractivity contribution in [1.29, 1.82) is 0 Å². The average Bonchev–Trinajstić information content (AvgIpc) is 3.03. The molecule has 0 spiro atoms. The van der Waals surface area contributed by atoms with Crippen LogP contribution in [0.1, 0.15) is 11.1 Å². The van der Waals surface area contributed by atoms with Crippen LogP contribution in [0, 0.1) is 0 Å². The van der Waals surface area contributed by atoms with Gasteiger partial charge in [-0.25, -0.2) is 23.5 Å². The number of methoxy groups -OCH3 is 2. The fourth-order valence-electron chi connectivity index (χ4n) is 4.22. The topological polar surface area (TPSA) is 133 Å². The van der Waals surface area contributed by atoms with E-state index in [2.05, 4.69) is 9.98 Å². The molecule has 1 aliphatic rings. The number of hydrogen-bond donors (Lipinski definition) is 2. The minimum Gasteiger partial charge on any atom is -0.497 e. The predicted octanol–water partition coefficient (Wildman–Crippen LogP) is 7.04. The Bertz CT molecular complexity index is 1890. The Hall–Kier alpha value is -4.31. The summed E-state index contributed by atoms with van der Waals surface area (Å²) >= 11 is 7.40. The molecule has 4 aromatic rings.